The zero-order valence-corrected chi connectivity index (χ0v) is 20.5. The average Bonchev–Trinajstić information content (AvgIpc) is 2.92. The molecule has 0 atom stereocenters. The van der Waals surface area contributed by atoms with E-state index in [2.05, 4.69) is 15.1 Å². The molecule has 0 N–H and O–H groups in total. The minimum atomic E-state index is -0.120. The Hall–Kier alpha value is -3.94. The lowest BCUT2D eigenvalue weighted by atomic mass is 10.1. The zero-order valence-electron chi connectivity index (χ0n) is 20.5. The van der Waals surface area contributed by atoms with Gasteiger partial charge in [0.2, 0.25) is 5.91 Å². The Balaban J connectivity index is 1.32. The monoisotopic (exact) mass is 473 g/mol. The van der Waals surface area contributed by atoms with E-state index in [1.807, 2.05) is 79.4 Å². The quantitative estimate of drug-likeness (QED) is 0.524. The minimum Gasteiger partial charge on any atom is -0.497 e. The lowest BCUT2D eigenvalue weighted by Crippen LogP contribution is -2.52. The van der Waals surface area contributed by atoms with Gasteiger partial charge in [0.05, 0.1) is 12.8 Å². The molecule has 4 rings (SSSR count). The molecule has 0 saturated carbocycles. The molecule has 182 valence electrons. The van der Waals surface area contributed by atoms with Gasteiger partial charge < -0.3 is 19.4 Å². The van der Waals surface area contributed by atoms with Crippen LogP contribution in [-0.2, 0) is 4.79 Å². The fraction of sp³-hybridized carbons (Fsp3) is 0.333. The zero-order chi connectivity index (χ0) is 24.8. The number of carbonyl (C=O) groups excluding carboxylic acids is 2. The summed E-state index contributed by atoms with van der Waals surface area (Å²) in [5.74, 6) is 1.40. The maximum atomic E-state index is 12.9. The van der Waals surface area contributed by atoms with E-state index in [9.17, 15) is 9.59 Å². The van der Waals surface area contributed by atoms with Crippen LogP contribution in [0.2, 0.25) is 0 Å². The number of aryl methyl sites for hydroxylation is 1. The number of hydrogen-bond acceptors (Lipinski definition) is 6. The molecule has 3 aromatic rings. The van der Waals surface area contributed by atoms with Crippen molar-refractivity contribution in [3.63, 3.8) is 0 Å². The number of carbonyl (C=O) groups is 2. The maximum absolute atomic E-state index is 12.9. The molecule has 8 nitrogen and oxygen atoms in total. The van der Waals surface area contributed by atoms with Gasteiger partial charge in [0.15, 0.2) is 5.82 Å². The molecule has 0 spiro atoms. The van der Waals surface area contributed by atoms with E-state index < -0.39 is 0 Å². The predicted molar refractivity (Wildman–Crippen MR) is 136 cm³/mol. The largest absolute Gasteiger partial charge is 0.497 e. The van der Waals surface area contributed by atoms with Crippen molar-refractivity contribution < 1.29 is 14.3 Å². The molecular formula is C27H31N5O3. The third-order valence-electron chi connectivity index (χ3n) is 6.27. The van der Waals surface area contributed by atoms with E-state index in [4.69, 9.17) is 4.74 Å². The number of rotatable bonds is 7. The van der Waals surface area contributed by atoms with Crippen molar-refractivity contribution in [3.05, 3.63) is 71.8 Å². The molecule has 0 bridgehead atoms. The number of methoxy groups -OCH3 is 1. The summed E-state index contributed by atoms with van der Waals surface area (Å²) in [6.45, 7) is 6.92. The molecule has 1 aliphatic rings. The highest BCUT2D eigenvalue weighted by Gasteiger charge is 2.25. The molecule has 0 unspecified atom stereocenters. The van der Waals surface area contributed by atoms with Gasteiger partial charge in [-0.25, -0.2) is 0 Å². The highest BCUT2D eigenvalue weighted by molar-refractivity contribution is 5.96. The van der Waals surface area contributed by atoms with Crippen LogP contribution >= 0.6 is 0 Å². The summed E-state index contributed by atoms with van der Waals surface area (Å²) >= 11 is 0. The Morgan fingerprint density at radius 2 is 1.71 bits per heavy atom. The summed E-state index contributed by atoms with van der Waals surface area (Å²) in [5.41, 5.74) is 3.42. The van der Waals surface area contributed by atoms with Gasteiger partial charge >= 0.3 is 0 Å². The van der Waals surface area contributed by atoms with Crippen LogP contribution in [-0.4, -0.2) is 78.2 Å². The fourth-order valence-corrected chi connectivity index (χ4v) is 4.08. The summed E-state index contributed by atoms with van der Waals surface area (Å²) in [5, 5.41) is 8.79. The van der Waals surface area contributed by atoms with Crippen LogP contribution in [0.4, 0.5) is 5.82 Å². The number of benzene rings is 2. The first-order chi connectivity index (χ1) is 17.0. The third kappa shape index (κ3) is 5.77. The van der Waals surface area contributed by atoms with Crippen molar-refractivity contribution in [2.75, 3.05) is 51.3 Å². The van der Waals surface area contributed by atoms with E-state index >= 15 is 0 Å². The predicted octanol–water partition coefficient (Wildman–Crippen LogP) is 3.27. The Morgan fingerprint density at radius 1 is 0.971 bits per heavy atom. The number of piperazine rings is 1. The minimum absolute atomic E-state index is 0.0357. The highest BCUT2D eigenvalue weighted by atomic mass is 16.5. The van der Waals surface area contributed by atoms with Crippen molar-refractivity contribution in [2.24, 2.45) is 0 Å². The first-order valence-corrected chi connectivity index (χ1v) is 11.9. The smallest absolute Gasteiger partial charge is 0.254 e. The number of ether oxygens (including phenoxy) is 1. The van der Waals surface area contributed by atoms with Crippen LogP contribution in [0.5, 0.6) is 5.75 Å². The van der Waals surface area contributed by atoms with Gasteiger partial charge in [-0.3, -0.25) is 9.59 Å². The highest BCUT2D eigenvalue weighted by Crippen LogP contribution is 2.23. The van der Waals surface area contributed by atoms with Crippen molar-refractivity contribution in [2.45, 2.75) is 13.8 Å². The van der Waals surface area contributed by atoms with Crippen LogP contribution in [0, 0.1) is 6.92 Å². The first kappa shape index (κ1) is 24.2. The standard InChI is InChI=1S/C27H31N5O3/c1-4-30(27(34)21-10-8-20(2)9-11-21)19-26(33)32-16-14-31(15-17-32)25-13-12-24(28-29-25)22-6-5-7-23(18-22)35-3/h5-13,18H,4,14-17,19H2,1-3H3. The van der Waals surface area contributed by atoms with Gasteiger partial charge in [-0.15, -0.1) is 10.2 Å². The maximum Gasteiger partial charge on any atom is 0.254 e. The summed E-state index contributed by atoms with van der Waals surface area (Å²) in [4.78, 5) is 31.3. The number of nitrogens with zero attached hydrogens (tertiary/aromatic N) is 5. The summed E-state index contributed by atoms with van der Waals surface area (Å²) in [7, 11) is 1.64. The van der Waals surface area contributed by atoms with Gasteiger partial charge in [-0.2, -0.15) is 0 Å². The molecule has 0 aliphatic carbocycles. The first-order valence-electron chi connectivity index (χ1n) is 11.9. The lowest BCUT2D eigenvalue weighted by molar-refractivity contribution is -0.132. The van der Waals surface area contributed by atoms with Crippen LogP contribution in [0.25, 0.3) is 11.3 Å². The average molecular weight is 474 g/mol. The topological polar surface area (TPSA) is 78.9 Å². The molecule has 0 radical (unpaired) electrons. The SMILES string of the molecule is CCN(CC(=O)N1CCN(c2ccc(-c3cccc(OC)c3)nn2)CC1)C(=O)c1ccc(C)cc1. The second-order valence-electron chi connectivity index (χ2n) is 8.56. The summed E-state index contributed by atoms with van der Waals surface area (Å²) < 4.78 is 5.29. The Kier molecular flexibility index (Phi) is 7.60. The molecule has 1 aromatic heterocycles. The molecular weight excluding hydrogens is 442 g/mol. The van der Waals surface area contributed by atoms with Crippen molar-refractivity contribution in [1.29, 1.82) is 0 Å². The fourth-order valence-electron chi connectivity index (χ4n) is 4.08. The van der Waals surface area contributed by atoms with Gasteiger partial charge in [-0.05, 0) is 50.2 Å². The number of amides is 2. The molecule has 1 fully saturated rings. The van der Waals surface area contributed by atoms with E-state index in [0.717, 1.165) is 28.4 Å². The van der Waals surface area contributed by atoms with Crippen LogP contribution in [0.15, 0.2) is 60.7 Å². The van der Waals surface area contributed by atoms with E-state index in [0.29, 0.717) is 38.3 Å². The summed E-state index contributed by atoms with van der Waals surface area (Å²) in [6.07, 6.45) is 0. The van der Waals surface area contributed by atoms with Gasteiger partial charge in [-0.1, -0.05) is 29.8 Å². The lowest BCUT2D eigenvalue weighted by Gasteiger charge is -2.36. The van der Waals surface area contributed by atoms with Crippen molar-refractivity contribution >= 4 is 17.6 Å². The normalized spacial score (nSPS) is 13.5. The van der Waals surface area contributed by atoms with Crippen LogP contribution in [0.1, 0.15) is 22.8 Å². The second kappa shape index (κ2) is 11.0. The van der Waals surface area contributed by atoms with E-state index in [1.165, 1.54) is 0 Å². The van der Waals surface area contributed by atoms with E-state index in [-0.39, 0.29) is 18.4 Å². The molecule has 2 heterocycles. The molecule has 2 aromatic carbocycles. The van der Waals surface area contributed by atoms with E-state index in [1.54, 1.807) is 12.0 Å². The Bertz CT molecular complexity index is 1160. The Labute approximate surface area is 206 Å². The van der Waals surface area contributed by atoms with Crippen molar-refractivity contribution in [3.8, 4) is 17.0 Å². The molecule has 1 saturated heterocycles. The number of hydrogen-bond donors (Lipinski definition) is 0. The number of anilines is 1. The number of likely N-dealkylation sites (N-methyl/N-ethyl adjacent to an activating group) is 1. The third-order valence-corrected chi connectivity index (χ3v) is 6.27. The second-order valence-corrected chi connectivity index (χ2v) is 8.56. The van der Waals surface area contributed by atoms with Gasteiger partial charge in [0, 0.05) is 43.9 Å². The van der Waals surface area contributed by atoms with Crippen LogP contribution in [0.3, 0.4) is 0 Å². The molecule has 1 aliphatic heterocycles. The number of aromatic nitrogens is 2. The molecule has 2 amide bonds. The molecule has 35 heavy (non-hydrogen) atoms. The van der Waals surface area contributed by atoms with Crippen LogP contribution < -0.4 is 9.64 Å². The van der Waals surface area contributed by atoms with Crippen molar-refractivity contribution in [1.82, 2.24) is 20.0 Å². The molecule has 8 heteroatoms. The van der Waals surface area contributed by atoms with Gasteiger partial charge in [0.1, 0.15) is 12.3 Å². The van der Waals surface area contributed by atoms with Gasteiger partial charge in [0.25, 0.3) is 5.91 Å². The summed E-state index contributed by atoms with van der Waals surface area (Å²) in [6, 6.07) is 19.1. The Morgan fingerprint density at radius 3 is 2.34 bits per heavy atom.